The summed E-state index contributed by atoms with van der Waals surface area (Å²) in [4.78, 5) is 19.9. The van der Waals surface area contributed by atoms with Crippen LogP contribution in [-0.2, 0) is 4.74 Å². The van der Waals surface area contributed by atoms with Gasteiger partial charge in [-0.05, 0) is 31.5 Å². The third-order valence-corrected chi connectivity index (χ3v) is 2.69. The molecule has 5 heteroatoms. The van der Waals surface area contributed by atoms with Crippen LogP contribution in [0.4, 0.5) is 0 Å². The number of hydrogen-bond donors (Lipinski definition) is 0. The van der Waals surface area contributed by atoms with Gasteiger partial charge in [0.1, 0.15) is 5.15 Å². The van der Waals surface area contributed by atoms with Crippen molar-refractivity contribution in [2.75, 3.05) is 6.61 Å². The summed E-state index contributed by atoms with van der Waals surface area (Å²) in [6.07, 6.45) is 1.48. The van der Waals surface area contributed by atoms with Crippen molar-refractivity contribution >= 4 is 28.6 Å². The summed E-state index contributed by atoms with van der Waals surface area (Å²) >= 11 is 5.93. The van der Waals surface area contributed by atoms with E-state index in [1.165, 1.54) is 6.20 Å². The van der Waals surface area contributed by atoms with Crippen LogP contribution in [0.25, 0.3) is 11.0 Å². The molecule has 0 N–H and O–H groups in total. The first-order valence-electron chi connectivity index (χ1n) is 5.22. The van der Waals surface area contributed by atoms with Gasteiger partial charge in [0.2, 0.25) is 0 Å². The maximum absolute atomic E-state index is 11.5. The number of carbonyl (C=O) groups excluding carboxylic acids is 1. The second-order valence-corrected chi connectivity index (χ2v) is 3.94. The lowest BCUT2D eigenvalue weighted by atomic mass is 10.2. The second-order valence-electron chi connectivity index (χ2n) is 3.58. The maximum Gasteiger partial charge on any atom is 0.339 e. The fraction of sp³-hybridized carbons (Fsp3) is 0.250. The van der Waals surface area contributed by atoms with Crippen LogP contribution >= 0.6 is 11.6 Å². The third kappa shape index (κ3) is 2.36. The maximum atomic E-state index is 11.5. The summed E-state index contributed by atoms with van der Waals surface area (Å²) in [5.74, 6) is -0.402. The standard InChI is InChI=1S/C12H11ClN2O2/c1-3-17-12(16)8-5-10-9(14-6-8)4-7(2)11(13)15-10/h4-6H,3H2,1-2H3. The highest BCUT2D eigenvalue weighted by Crippen LogP contribution is 2.19. The minimum absolute atomic E-state index is 0.332. The zero-order chi connectivity index (χ0) is 12.4. The van der Waals surface area contributed by atoms with Crippen molar-refractivity contribution in [2.24, 2.45) is 0 Å². The van der Waals surface area contributed by atoms with Gasteiger partial charge in [-0.2, -0.15) is 0 Å². The molecule has 2 heterocycles. The lowest BCUT2D eigenvalue weighted by molar-refractivity contribution is 0.0526. The highest BCUT2D eigenvalue weighted by atomic mass is 35.5. The molecule has 0 aliphatic carbocycles. The zero-order valence-electron chi connectivity index (χ0n) is 9.53. The van der Waals surface area contributed by atoms with Gasteiger partial charge in [-0.1, -0.05) is 11.6 Å². The molecule has 0 unspecified atom stereocenters. The first kappa shape index (κ1) is 11.8. The summed E-state index contributed by atoms with van der Waals surface area (Å²) < 4.78 is 4.89. The van der Waals surface area contributed by atoms with Crippen LogP contribution in [0.1, 0.15) is 22.8 Å². The van der Waals surface area contributed by atoms with Gasteiger partial charge in [0.15, 0.2) is 0 Å². The number of aryl methyl sites for hydroxylation is 1. The quantitative estimate of drug-likeness (QED) is 0.608. The number of fused-ring (bicyclic) bond motifs is 1. The van der Waals surface area contributed by atoms with Crippen molar-refractivity contribution in [2.45, 2.75) is 13.8 Å². The van der Waals surface area contributed by atoms with Gasteiger partial charge in [0.25, 0.3) is 0 Å². The van der Waals surface area contributed by atoms with Gasteiger partial charge in [-0.15, -0.1) is 0 Å². The van der Waals surface area contributed by atoms with Crippen LogP contribution < -0.4 is 0 Å². The number of nitrogens with zero attached hydrogens (tertiary/aromatic N) is 2. The number of carbonyl (C=O) groups is 1. The largest absolute Gasteiger partial charge is 0.462 e. The van der Waals surface area contributed by atoms with Gasteiger partial charge >= 0.3 is 5.97 Å². The molecule has 0 spiro atoms. The number of ether oxygens (including phenoxy) is 1. The van der Waals surface area contributed by atoms with Crippen LogP contribution in [0.15, 0.2) is 18.3 Å². The Morgan fingerprint density at radius 2 is 2.18 bits per heavy atom. The third-order valence-electron chi connectivity index (χ3n) is 2.31. The molecule has 0 bridgehead atoms. The predicted octanol–water partition coefficient (Wildman–Crippen LogP) is 2.77. The minimum atomic E-state index is -0.402. The van der Waals surface area contributed by atoms with E-state index in [0.29, 0.717) is 28.4 Å². The minimum Gasteiger partial charge on any atom is -0.462 e. The van der Waals surface area contributed by atoms with Gasteiger partial charge in [-0.25, -0.2) is 9.78 Å². The number of hydrogen-bond acceptors (Lipinski definition) is 4. The van der Waals surface area contributed by atoms with E-state index < -0.39 is 5.97 Å². The van der Waals surface area contributed by atoms with Crippen molar-refractivity contribution in [3.05, 3.63) is 34.6 Å². The smallest absolute Gasteiger partial charge is 0.339 e. The Morgan fingerprint density at radius 1 is 1.41 bits per heavy atom. The van der Waals surface area contributed by atoms with Crippen LogP contribution in [0, 0.1) is 6.92 Å². The van der Waals surface area contributed by atoms with E-state index in [2.05, 4.69) is 9.97 Å². The fourth-order valence-electron chi connectivity index (χ4n) is 1.45. The molecule has 2 rings (SSSR count). The van der Waals surface area contributed by atoms with E-state index in [0.717, 1.165) is 5.56 Å². The van der Waals surface area contributed by atoms with Crippen molar-refractivity contribution < 1.29 is 9.53 Å². The summed E-state index contributed by atoms with van der Waals surface area (Å²) in [5, 5.41) is 0.417. The molecule has 88 valence electrons. The lowest BCUT2D eigenvalue weighted by Gasteiger charge is -2.04. The zero-order valence-corrected chi connectivity index (χ0v) is 10.3. The molecule has 2 aromatic rings. The Morgan fingerprint density at radius 3 is 2.88 bits per heavy atom. The summed E-state index contributed by atoms with van der Waals surface area (Å²) in [7, 11) is 0. The number of halogens is 1. The Hall–Kier alpha value is -1.68. The van der Waals surface area contributed by atoms with Gasteiger partial charge in [0.05, 0.1) is 23.2 Å². The van der Waals surface area contributed by atoms with E-state index in [-0.39, 0.29) is 0 Å². The molecule has 0 aliphatic heterocycles. The van der Waals surface area contributed by atoms with E-state index in [9.17, 15) is 4.79 Å². The Labute approximate surface area is 104 Å². The van der Waals surface area contributed by atoms with Gasteiger partial charge < -0.3 is 4.74 Å². The topological polar surface area (TPSA) is 52.1 Å². The molecule has 0 fully saturated rings. The fourth-order valence-corrected chi connectivity index (χ4v) is 1.59. The highest BCUT2D eigenvalue weighted by molar-refractivity contribution is 6.30. The molecule has 17 heavy (non-hydrogen) atoms. The molecular weight excluding hydrogens is 240 g/mol. The predicted molar refractivity (Wildman–Crippen MR) is 65.2 cm³/mol. The number of aromatic nitrogens is 2. The summed E-state index contributed by atoms with van der Waals surface area (Å²) in [5.41, 5.74) is 2.54. The average Bonchev–Trinajstić information content (AvgIpc) is 2.30. The SMILES string of the molecule is CCOC(=O)c1cnc2cc(C)c(Cl)nc2c1. The highest BCUT2D eigenvalue weighted by Gasteiger charge is 2.09. The number of pyridine rings is 2. The molecule has 0 aliphatic rings. The molecule has 0 saturated carbocycles. The first-order chi connectivity index (χ1) is 8.11. The van der Waals surface area contributed by atoms with Crippen LogP contribution in [0.2, 0.25) is 5.15 Å². The van der Waals surface area contributed by atoms with Crippen LogP contribution in [0.5, 0.6) is 0 Å². The van der Waals surface area contributed by atoms with Gasteiger partial charge in [0, 0.05) is 6.20 Å². The summed E-state index contributed by atoms with van der Waals surface area (Å²) in [6.45, 7) is 3.94. The van der Waals surface area contributed by atoms with E-state index in [4.69, 9.17) is 16.3 Å². The van der Waals surface area contributed by atoms with Crippen molar-refractivity contribution in [3.63, 3.8) is 0 Å². The number of esters is 1. The molecule has 0 radical (unpaired) electrons. The lowest BCUT2D eigenvalue weighted by Crippen LogP contribution is -2.05. The monoisotopic (exact) mass is 250 g/mol. The van der Waals surface area contributed by atoms with Gasteiger partial charge in [-0.3, -0.25) is 4.98 Å². The second kappa shape index (κ2) is 4.67. The van der Waals surface area contributed by atoms with E-state index in [1.807, 2.05) is 13.0 Å². The Balaban J connectivity index is 2.50. The molecule has 0 saturated heterocycles. The molecule has 4 nitrogen and oxygen atoms in total. The Bertz CT molecular complexity index is 584. The summed E-state index contributed by atoms with van der Waals surface area (Å²) in [6, 6.07) is 3.46. The van der Waals surface area contributed by atoms with Crippen LogP contribution in [0.3, 0.4) is 0 Å². The van der Waals surface area contributed by atoms with Crippen molar-refractivity contribution in [1.29, 1.82) is 0 Å². The van der Waals surface area contributed by atoms with E-state index >= 15 is 0 Å². The normalized spacial score (nSPS) is 10.5. The molecular formula is C12H11ClN2O2. The van der Waals surface area contributed by atoms with E-state index in [1.54, 1.807) is 13.0 Å². The molecule has 2 aromatic heterocycles. The first-order valence-corrected chi connectivity index (χ1v) is 5.59. The van der Waals surface area contributed by atoms with Crippen molar-refractivity contribution in [3.8, 4) is 0 Å². The van der Waals surface area contributed by atoms with Crippen LogP contribution in [-0.4, -0.2) is 22.5 Å². The number of rotatable bonds is 2. The average molecular weight is 251 g/mol. The van der Waals surface area contributed by atoms with Crippen molar-refractivity contribution in [1.82, 2.24) is 9.97 Å². The molecule has 0 atom stereocenters. The molecule has 0 amide bonds. The Kier molecular flexibility index (Phi) is 3.24. The molecule has 0 aromatic carbocycles.